The van der Waals surface area contributed by atoms with Crippen LogP contribution in [0.5, 0.6) is 0 Å². The molecule has 0 aliphatic heterocycles. The third kappa shape index (κ3) is 4.15. The molecule has 1 amide bonds. The van der Waals surface area contributed by atoms with Crippen molar-refractivity contribution < 1.29 is 9.72 Å². The summed E-state index contributed by atoms with van der Waals surface area (Å²) < 4.78 is 0. The van der Waals surface area contributed by atoms with Gasteiger partial charge in [-0.2, -0.15) is 5.26 Å². The predicted molar refractivity (Wildman–Crippen MR) is 90.6 cm³/mol. The number of benzene rings is 1. The second-order valence-electron chi connectivity index (χ2n) is 4.74. The van der Waals surface area contributed by atoms with E-state index in [2.05, 4.69) is 15.6 Å². The number of non-ortho nitro benzene ring substituents is 1. The van der Waals surface area contributed by atoms with E-state index in [9.17, 15) is 14.9 Å². The largest absolute Gasteiger partial charge is 0.337 e. The van der Waals surface area contributed by atoms with Gasteiger partial charge in [0.1, 0.15) is 11.6 Å². The summed E-state index contributed by atoms with van der Waals surface area (Å²) in [5.41, 5.74) is 0.779. The van der Waals surface area contributed by atoms with Gasteiger partial charge < -0.3 is 10.6 Å². The normalized spacial score (nSPS) is 10.8. The Morgan fingerprint density at radius 2 is 2.21 bits per heavy atom. The SMILES string of the molecule is Cc1nc(N/C=C(/C#N)C(=O)Nc2cccc([N+](=O)[O-])c2)sc1C. The molecule has 0 spiro atoms. The van der Waals surface area contributed by atoms with E-state index in [0.717, 1.165) is 10.6 Å². The molecule has 2 N–H and O–H groups in total. The maximum absolute atomic E-state index is 12.1. The highest BCUT2D eigenvalue weighted by Gasteiger charge is 2.12. The summed E-state index contributed by atoms with van der Waals surface area (Å²) in [7, 11) is 0. The van der Waals surface area contributed by atoms with E-state index in [4.69, 9.17) is 5.26 Å². The molecule has 1 aromatic carbocycles. The molecule has 0 aliphatic rings. The molecule has 1 heterocycles. The number of carbonyl (C=O) groups is 1. The van der Waals surface area contributed by atoms with Crippen LogP contribution in [0, 0.1) is 35.3 Å². The molecular weight excluding hydrogens is 330 g/mol. The first-order chi connectivity index (χ1) is 11.4. The van der Waals surface area contributed by atoms with Gasteiger partial charge in [0.05, 0.1) is 10.6 Å². The van der Waals surface area contributed by atoms with Crippen molar-refractivity contribution in [1.82, 2.24) is 4.98 Å². The lowest BCUT2D eigenvalue weighted by Gasteiger charge is -2.04. The number of hydrogen-bond donors (Lipinski definition) is 2. The van der Waals surface area contributed by atoms with Crippen LogP contribution in [0.4, 0.5) is 16.5 Å². The number of thiazole rings is 1. The van der Waals surface area contributed by atoms with Crippen molar-refractivity contribution in [2.45, 2.75) is 13.8 Å². The minimum absolute atomic E-state index is 0.151. The lowest BCUT2D eigenvalue weighted by molar-refractivity contribution is -0.384. The van der Waals surface area contributed by atoms with Crippen LogP contribution in [-0.4, -0.2) is 15.8 Å². The number of aryl methyl sites for hydroxylation is 2. The summed E-state index contributed by atoms with van der Waals surface area (Å²) in [5.74, 6) is -0.671. The molecule has 0 aliphatic carbocycles. The van der Waals surface area contributed by atoms with Gasteiger partial charge in [-0.1, -0.05) is 6.07 Å². The number of nitrogens with one attached hydrogen (secondary N) is 2. The van der Waals surface area contributed by atoms with Crippen LogP contribution in [0.25, 0.3) is 0 Å². The molecule has 0 saturated heterocycles. The Morgan fingerprint density at radius 1 is 1.46 bits per heavy atom. The van der Waals surface area contributed by atoms with Crippen molar-refractivity contribution in [3.8, 4) is 6.07 Å². The lowest BCUT2D eigenvalue weighted by atomic mass is 10.2. The summed E-state index contributed by atoms with van der Waals surface area (Å²) in [4.78, 5) is 27.5. The molecule has 0 atom stereocenters. The van der Waals surface area contributed by atoms with Crippen LogP contribution in [0.1, 0.15) is 10.6 Å². The first-order valence-electron chi connectivity index (χ1n) is 6.77. The van der Waals surface area contributed by atoms with Gasteiger partial charge in [0.15, 0.2) is 5.13 Å². The third-order valence-electron chi connectivity index (χ3n) is 3.05. The Morgan fingerprint density at radius 3 is 2.79 bits per heavy atom. The highest BCUT2D eigenvalue weighted by Crippen LogP contribution is 2.21. The monoisotopic (exact) mass is 343 g/mol. The van der Waals surface area contributed by atoms with E-state index >= 15 is 0 Å². The van der Waals surface area contributed by atoms with E-state index in [1.165, 1.54) is 41.8 Å². The van der Waals surface area contributed by atoms with Crippen LogP contribution in [-0.2, 0) is 4.79 Å². The number of nitriles is 1. The maximum Gasteiger partial charge on any atom is 0.271 e. The Bertz CT molecular complexity index is 847. The van der Waals surface area contributed by atoms with E-state index in [1.54, 1.807) is 6.07 Å². The van der Waals surface area contributed by atoms with Crippen molar-refractivity contribution in [3.63, 3.8) is 0 Å². The average Bonchev–Trinajstić information content (AvgIpc) is 2.86. The van der Waals surface area contributed by atoms with Crippen LogP contribution < -0.4 is 10.6 Å². The molecule has 0 fully saturated rings. The van der Waals surface area contributed by atoms with Gasteiger partial charge in [0.2, 0.25) is 0 Å². The molecule has 122 valence electrons. The van der Waals surface area contributed by atoms with Gasteiger partial charge in [-0.05, 0) is 19.9 Å². The topological polar surface area (TPSA) is 121 Å². The molecular formula is C15H13N5O3S. The zero-order valence-electron chi connectivity index (χ0n) is 12.9. The number of rotatable bonds is 5. The number of amides is 1. The van der Waals surface area contributed by atoms with Crippen LogP contribution in [0.15, 0.2) is 36.0 Å². The van der Waals surface area contributed by atoms with Crippen molar-refractivity contribution in [2.24, 2.45) is 0 Å². The van der Waals surface area contributed by atoms with Gasteiger partial charge >= 0.3 is 0 Å². The van der Waals surface area contributed by atoms with Crippen LogP contribution in [0.3, 0.4) is 0 Å². The number of nitrogens with zero attached hydrogens (tertiary/aromatic N) is 3. The fourth-order valence-electron chi connectivity index (χ4n) is 1.71. The zero-order chi connectivity index (χ0) is 17.7. The molecule has 2 rings (SSSR count). The number of carbonyl (C=O) groups excluding carboxylic acids is 1. The predicted octanol–water partition coefficient (Wildman–Crippen LogP) is 3.13. The van der Waals surface area contributed by atoms with E-state index in [1.807, 2.05) is 13.8 Å². The maximum atomic E-state index is 12.1. The highest BCUT2D eigenvalue weighted by molar-refractivity contribution is 7.15. The molecule has 2 aromatic rings. The molecule has 9 heteroatoms. The average molecular weight is 343 g/mol. The standard InChI is InChI=1S/C15H13N5O3S/c1-9-10(2)24-15(18-9)17-8-11(7-16)14(21)19-12-4-3-5-13(6-12)20(22)23/h3-6,8H,1-2H3,(H,17,18)(H,19,21)/b11-8-. The smallest absolute Gasteiger partial charge is 0.271 e. The minimum atomic E-state index is -0.671. The number of nitro benzene ring substituents is 1. The Kier molecular flexibility index (Phi) is 5.23. The van der Waals surface area contributed by atoms with Crippen molar-refractivity contribution in [1.29, 1.82) is 5.26 Å². The van der Waals surface area contributed by atoms with Crippen LogP contribution >= 0.6 is 11.3 Å². The first kappa shape index (κ1) is 17.1. The van der Waals surface area contributed by atoms with Gasteiger partial charge in [-0.15, -0.1) is 11.3 Å². The molecule has 1 aromatic heterocycles. The second-order valence-corrected chi connectivity index (χ2v) is 5.94. The molecule has 8 nitrogen and oxygen atoms in total. The van der Waals surface area contributed by atoms with Crippen molar-refractivity contribution in [3.05, 3.63) is 56.7 Å². The lowest BCUT2D eigenvalue weighted by Crippen LogP contribution is -2.14. The summed E-state index contributed by atoms with van der Waals surface area (Å²) in [5, 5.41) is 25.7. The molecule has 0 unspecified atom stereocenters. The summed E-state index contributed by atoms with van der Waals surface area (Å²) in [6, 6.07) is 7.26. The summed E-state index contributed by atoms with van der Waals surface area (Å²) in [6.45, 7) is 3.78. The van der Waals surface area contributed by atoms with Gasteiger partial charge in [-0.3, -0.25) is 14.9 Å². The molecule has 24 heavy (non-hydrogen) atoms. The number of nitro groups is 1. The summed E-state index contributed by atoms with van der Waals surface area (Å²) >= 11 is 1.40. The van der Waals surface area contributed by atoms with Gasteiger partial charge in [0.25, 0.3) is 11.6 Å². The molecule has 0 saturated carbocycles. The Balaban J connectivity index is 2.11. The first-order valence-corrected chi connectivity index (χ1v) is 7.59. The Hall–Kier alpha value is -3.25. The number of hydrogen-bond acceptors (Lipinski definition) is 7. The van der Waals surface area contributed by atoms with Gasteiger partial charge in [-0.25, -0.2) is 4.98 Å². The highest BCUT2D eigenvalue weighted by atomic mass is 32.1. The van der Waals surface area contributed by atoms with Crippen LogP contribution in [0.2, 0.25) is 0 Å². The van der Waals surface area contributed by atoms with E-state index in [-0.39, 0.29) is 16.9 Å². The molecule has 0 bridgehead atoms. The second kappa shape index (κ2) is 7.34. The van der Waals surface area contributed by atoms with Crippen molar-refractivity contribution in [2.75, 3.05) is 10.6 Å². The third-order valence-corrected chi connectivity index (χ3v) is 4.05. The Labute approximate surface area is 141 Å². The quantitative estimate of drug-likeness (QED) is 0.372. The zero-order valence-corrected chi connectivity index (χ0v) is 13.7. The minimum Gasteiger partial charge on any atom is -0.337 e. The number of anilines is 2. The molecule has 0 radical (unpaired) electrons. The fourth-order valence-corrected chi connectivity index (χ4v) is 2.50. The fraction of sp³-hybridized carbons (Fsp3) is 0.133. The number of aromatic nitrogens is 1. The van der Waals surface area contributed by atoms with Gasteiger partial charge in [0, 0.05) is 28.9 Å². The van der Waals surface area contributed by atoms with E-state index < -0.39 is 10.8 Å². The summed E-state index contributed by atoms with van der Waals surface area (Å²) in [6.07, 6.45) is 1.25. The van der Waals surface area contributed by atoms with E-state index in [0.29, 0.717) is 5.13 Å². The van der Waals surface area contributed by atoms with Crippen molar-refractivity contribution >= 4 is 33.8 Å².